The lowest BCUT2D eigenvalue weighted by atomic mass is 10.1. The smallest absolute Gasteiger partial charge is 0.333 e. The van der Waals surface area contributed by atoms with Gasteiger partial charge in [-0.2, -0.15) is 0 Å². The Morgan fingerprint density at radius 2 is 0.688 bits per heavy atom. The van der Waals surface area contributed by atoms with E-state index < -0.39 is 39.5 Å². The Kier molecular flexibility index (Phi) is 29.4. The summed E-state index contributed by atoms with van der Waals surface area (Å²) in [6.45, 7) is 11.7. The summed E-state index contributed by atoms with van der Waals surface area (Å²) in [6, 6.07) is 0. The van der Waals surface area contributed by atoms with Crippen LogP contribution in [0.1, 0.15) is 117 Å². The van der Waals surface area contributed by atoms with E-state index in [1.165, 1.54) is 0 Å². The average Bonchev–Trinajstić information content (AvgIpc) is 2.99. The minimum Gasteiger partial charge on any atom is -0.466 e. The molecule has 0 heterocycles. The van der Waals surface area contributed by atoms with Gasteiger partial charge in [-0.1, -0.05) is 77.4 Å². The fraction of sp³-hybridized carbons (Fsp3) is 0.750. The van der Waals surface area contributed by atoms with Crippen molar-refractivity contribution in [3.05, 3.63) is 24.3 Å². The van der Waals surface area contributed by atoms with E-state index in [0.29, 0.717) is 31.0 Å². The highest BCUT2D eigenvalue weighted by Crippen LogP contribution is 2.35. The summed E-state index contributed by atoms with van der Waals surface area (Å²) in [4.78, 5) is 79.2. The molecule has 4 N–H and O–H groups in total. The molecule has 0 rings (SSSR count). The Bertz CT molecular complexity index is 1050. The van der Waals surface area contributed by atoms with Crippen LogP contribution in [-0.2, 0) is 47.3 Å². The molecule has 280 valence electrons. The lowest BCUT2D eigenvalue weighted by Crippen LogP contribution is -2.08. The van der Waals surface area contributed by atoms with Crippen LogP contribution in [0.5, 0.6) is 0 Å². The maximum absolute atomic E-state index is 11.2. The molecule has 0 aliphatic rings. The van der Waals surface area contributed by atoms with Crippen molar-refractivity contribution >= 4 is 39.1 Å². The molecule has 0 amide bonds. The van der Waals surface area contributed by atoms with Gasteiger partial charge in [0.15, 0.2) is 0 Å². The normalized spacial score (nSPS) is 11.1. The predicted octanol–water partition coefficient (Wildman–Crippen LogP) is 5.89. The van der Waals surface area contributed by atoms with Crippen molar-refractivity contribution in [2.24, 2.45) is 0 Å². The topological polar surface area (TPSA) is 220 Å². The zero-order valence-corrected chi connectivity index (χ0v) is 30.5. The second-order valence-electron chi connectivity index (χ2n) is 11.5. The van der Waals surface area contributed by atoms with Crippen molar-refractivity contribution in [1.29, 1.82) is 0 Å². The van der Waals surface area contributed by atoms with Gasteiger partial charge in [0.2, 0.25) is 0 Å². The van der Waals surface area contributed by atoms with Crippen LogP contribution >= 0.6 is 15.2 Å². The molecule has 0 bridgehead atoms. The Balaban J connectivity index is 0. The summed E-state index contributed by atoms with van der Waals surface area (Å²) in [5.41, 5.74) is 0.827. The highest BCUT2D eigenvalue weighted by Gasteiger charge is 2.17. The molecule has 0 saturated carbocycles. The molecule has 0 aromatic rings. The number of ether oxygens (including phenoxy) is 4. The summed E-state index contributed by atoms with van der Waals surface area (Å²) in [5, 5.41) is 0. The van der Waals surface area contributed by atoms with Crippen molar-refractivity contribution in [3.63, 3.8) is 0 Å². The monoisotopic (exact) mass is 728 g/mol. The first-order chi connectivity index (χ1) is 22.4. The van der Waals surface area contributed by atoms with E-state index >= 15 is 0 Å². The van der Waals surface area contributed by atoms with Crippen molar-refractivity contribution in [3.8, 4) is 0 Å². The van der Waals surface area contributed by atoms with Crippen LogP contribution in [0.25, 0.3) is 0 Å². The second kappa shape index (κ2) is 29.6. The molecule has 0 aliphatic heterocycles. The minimum atomic E-state index is -4.13. The Morgan fingerprint density at radius 3 is 0.917 bits per heavy atom. The van der Waals surface area contributed by atoms with Crippen molar-refractivity contribution in [1.82, 2.24) is 0 Å². The third-order valence-electron chi connectivity index (χ3n) is 6.48. The van der Waals surface area contributed by atoms with E-state index in [2.05, 4.69) is 13.2 Å². The first-order valence-corrected chi connectivity index (χ1v) is 20.1. The molecule has 14 nitrogen and oxygen atoms in total. The van der Waals surface area contributed by atoms with E-state index in [-0.39, 0.29) is 31.4 Å². The van der Waals surface area contributed by atoms with Crippen molar-refractivity contribution in [2.45, 2.75) is 117 Å². The number of carbonyl (C=O) groups excluding carboxylic acids is 4. The highest BCUT2D eigenvalue weighted by atomic mass is 31.2. The van der Waals surface area contributed by atoms with E-state index in [1.54, 1.807) is 13.8 Å². The standard InChI is InChI=1S/C17H31O7P.C15H27O7P/c1-15(2)17(19)24-13-10-8-6-4-3-5-7-9-12-23-16(18)11-14-25(20,21)22;1-13(2)15(17)22-11-8-6-4-3-5-7-10-21-14(16)9-12-23(18,19)20/h1,3-14H2,2H3,(H2,20,21,22);1,3-12H2,2H3,(H2,18,19,20). The van der Waals surface area contributed by atoms with E-state index in [9.17, 15) is 28.3 Å². The third kappa shape index (κ3) is 38.1. The van der Waals surface area contributed by atoms with Gasteiger partial charge in [-0.3, -0.25) is 18.7 Å². The molecule has 16 heteroatoms. The zero-order valence-electron chi connectivity index (χ0n) is 28.7. The van der Waals surface area contributed by atoms with Crippen molar-refractivity contribution in [2.75, 3.05) is 38.8 Å². The molecular weight excluding hydrogens is 670 g/mol. The largest absolute Gasteiger partial charge is 0.466 e. The molecule has 0 aliphatic carbocycles. The molecule has 48 heavy (non-hydrogen) atoms. The van der Waals surface area contributed by atoms with Crippen LogP contribution in [-0.4, -0.2) is 82.2 Å². The van der Waals surface area contributed by atoms with Gasteiger partial charge in [-0.05, 0) is 39.5 Å². The van der Waals surface area contributed by atoms with Gasteiger partial charge in [-0.15, -0.1) is 0 Å². The molecule has 0 atom stereocenters. The number of rotatable bonds is 28. The van der Waals surface area contributed by atoms with Crippen LogP contribution < -0.4 is 0 Å². The summed E-state index contributed by atoms with van der Waals surface area (Å²) < 4.78 is 41.0. The lowest BCUT2D eigenvalue weighted by molar-refractivity contribution is -0.144. The molecule has 0 aromatic carbocycles. The summed E-state index contributed by atoms with van der Waals surface area (Å²) in [6.07, 6.45) is 12.0. The fourth-order valence-electron chi connectivity index (χ4n) is 3.74. The number of unbranched alkanes of at least 4 members (excludes halogenated alkanes) is 12. The maximum Gasteiger partial charge on any atom is 0.333 e. The van der Waals surface area contributed by atoms with Crippen LogP contribution in [0, 0.1) is 0 Å². The van der Waals surface area contributed by atoms with Gasteiger partial charge in [-0.25, -0.2) is 9.59 Å². The second-order valence-corrected chi connectivity index (χ2v) is 15.1. The first-order valence-electron chi connectivity index (χ1n) is 16.5. The Labute approximate surface area is 285 Å². The van der Waals surface area contributed by atoms with Gasteiger partial charge in [0.25, 0.3) is 0 Å². The number of hydrogen-bond donors (Lipinski definition) is 4. The Hall–Kier alpha value is -2.34. The predicted molar refractivity (Wildman–Crippen MR) is 181 cm³/mol. The van der Waals surface area contributed by atoms with Crippen LogP contribution in [0.15, 0.2) is 24.3 Å². The minimum absolute atomic E-state index is 0.244. The molecule has 0 aromatic heterocycles. The quantitative estimate of drug-likeness (QED) is 0.0243. The number of esters is 4. The van der Waals surface area contributed by atoms with Gasteiger partial charge in [0.05, 0.1) is 51.6 Å². The van der Waals surface area contributed by atoms with E-state index in [4.69, 9.17) is 38.5 Å². The molecular formula is C32H58O14P2. The molecule has 0 unspecified atom stereocenters. The molecule has 0 saturated heterocycles. The molecule has 0 radical (unpaired) electrons. The molecule has 0 spiro atoms. The van der Waals surface area contributed by atoms with E-state index in [0.717, 1.165) is 89.9 Å². The van der Waals surface area contributed by atoms with Crippen LogP contribution in [0.4, 0.5) is 0 Å². The third-order valence-corrected chi connectivity index (χ3v) is 8.09. The fourth-order valence-corrected chi connectivity index (χ4v) is 4.69. The van der Waals surface area contributed by atoms with Crippen LogP contribution in [0.3, 0.4) is 0 Å². The van der Waals surface area contributed by atoms with Crippen molar-refractivity contribution < 1.29 is 66.8 Å². The SMILES string of the molecule is C=C(C)C(=O)OCCCCCCCCCCOC(=O)CCP(=O)(O)O.C=C(C)C(=O)OCCCCCCCCOC(=O)CCP(=O)(O)O. The zero-order chi connectivity index (χ0) is 36.8. The van der Waals surface area contributed by atoms with Crippen LogP contribution in [0.2, 0.25) is 0 Å². The summed E-state index contributed by atoms with van der Waals surface area (Å²) in [7, 11) is -8.26. The molecule has 0 fully saturated rings. The van der Waals surface area contributed by atoms with Gasteiger partial charge in [0.1, 0.15) is 0 Å². The summed E-state index contributed by atoms with van der Waals surface area (Å²) in [5.74, 6) is -1.82. The Morgan fingerprint density at radius 1 is 0.458 bits per heavy atom. The number of carbonyl (C=O) groups is 4. The first kappa shape index (κ1) is 47.8. The van der Waals surface area contributed by atoms with Gasteiger partial charge in [0, 0.05) is 11.1 Å². The maximum atomic E-state index is 11.2. The summed E-state index contributed by atoms with van der Waals surface area (Å²) >= 11 is 0. The highest BCUT2D eigenvalue weighted by molar-refractivity contribution is 7.52. The van der Waals surface area contributed by atoms with E-state index in [1.807, 2.05) is 0 Å². The lowest BCUT2D eigenvalue weighted by Gasteiger charge is -2.06. The number of hydrogen-bond acceptors (Lipinski definition) is 10. The average molecular weight is 729 g/mol. The van der Waals surface area contributed by atoms with Gasteiger partial charge >= 0.3 is 39.1 Å². The van der Waals surface area contributed by atoms with Gasteiger partial charge < -0.3 is 38.5 Å².